The second kappa shape index (κ2) is 11.1. The number of halogens is 1. The molecule has 0 radical (unpaired) electrons. The van der Waals surface area contributed by atoms with Crippen LogP contribution in [0, 0.1) is 17.1 Å². The van der Waals surface area contributed by atoms with E-state index in [0.717, 1.165) is 5.56 Å². The molecule has 8 heteroatoms. The van der Waals surface area contributed by atoms with Crippen LogP contribution in [0.25, 0.3) is 11.1 Å². The summed E-state index contributed by atoms with van der Waals surface area (Å²) in [6, 6.07) is 26.1. The second-order valence-electron chi connectivity index (χ2n) is 8.24. The van der Waals surface area contributed by atoms with Crippen LogP contribution in [-0.4, -0.2) is 20.1 Å². The minimum atomic E-state index is -3.31. The van der Waals surface area contributed by atoms with E-state index in [9.17, 15) is 22.9 Å². The van der Waals surface area contributed by atoms with Crippen molar-refractivity contribution in [2.75, 3.05) is 11.1 Å². The molecule has 0 aliphatic carbocycles. The first-order chi connectivity index (χ1) is 17.8. The summed E-state index contributed by atoms with van der Waals surface area (Å²) in [4.78, 5) is 12.9. The van der Waals surface area contributed by atoms with Gasteiger partial charge in [-0.3, -0.25) is 4.79 Å². The maximum absolute atomic E-state index is 13.8. The van der Waals surface area contributed by atoms with Crippen molar-refractivity contribution in [3.8, 4) is 28.7 Å². The number of nitriles is 1. The van der Waals surface area contributed by atoms with Crippen molar-refractivity contribution in [1.29, 1.82) is 5.26 Å². The van der Waals surface area contributed by atoms with Crippen LogP contribution >= 0.6 is 0 Å². The molecule has 0 aromatic heterocycles. The van der Waals surface area contributed by atoms with E-state index in [2.05, 4.69) is 11.4 Å². The summed E-state index contributed by atoms with van der Waals surface area (Å²) in [5.74, 6) is -0.102. The van der Waals surface area contributed by atoms with Crippen LogP contribution < -0.4 is 10.1 Å². The zero-order chi connectivity index (χ0) is 26.4. The van der Waals surface area contributed by atoms with Gasteiger partial charge in [0, 0.05) is 23.4 Å². The van der Waals surface area contributed by atoms with Gasteiger partial charge in [0.1, 0.15) is 17.3 Å². The maximum atomic E-state index is 13.8. The van der Waals surface area contributed by atoms with E-state index in [-0.39, 0.29) is 28.7 Å². The third-order valence-corrected chi connectivity index (χ3v) is 7.37. The Morgan fingerprint density at radius 1 is 0.973 bits per heavy atom. The van der Waals surface area contributed by atoms with E-state index in [4.69, 9.17) is 4.74 Å². The largest absolute Gasteiger partial charge is 0.457 e. The molecule has 0 spiro atoms. The summed E-state index contributed by atoms with van der Waals surface area (Å²) in [6.45, 7) is 1.58. The molecular weight excluding hydrogens is 491 g/mol. The minimum Gasteiger partial charge on any atom is -0.457 e. The predicted octanol–water partition coefficient (Wildman–Crippen LogP) is 6.13. The van der Waals surface area contributed by atoms with Crippen molar-refractivity contribution < 1.29 is 22.3 Å². The Labute approximate surface area is 214 Å². The van der Waals surface area contributed by atoms with Crippen molar-refractivity contribution in [2.24, 2.45) is 0 Å². The average molecular weight is 515 g/mol. The van der Waals surface area contributed by atoms with Gasteiger partial charge in [-0.1, -0.05) is 37.3 Å². The van der Waals surface area contributed by atoms with Crippen LogP contribution in [0.5, 0.6) is 11.5 Å². The van der Waals surface area contributed by atoms with Crippen molar-refractivity contribution in [2.45, 2.75) is 18.2 Å². The highest BCUT2D eigenvalue weighted by molar-refractivity contribution is 7.91. The summed E-state index contributed by atoms with van der Waals surface area (Å²) in [5, 5.41) is 12.1. The number of anilines is 1. The lowest BCUT2D eigenvalue weighted by Gasteiger charge is -2.14. The highest BCUT2D eigenvalue weighted by atomic mass is 32.2. The molecule has 0 saturated heterocycles. The molecule has 4 rings (SSSR count). The Hall–Kier alpha value is -4.48. The molecule has 4 aromatic rings. The lowest BCUT2D eigenvalue weighted by atomic mass is 10.0. The SMILES string of the molecule is CCS(=O)(=O)c1ccc(CC(=O)Nc2ccc(-c3cccc(C#N)c3)c(Oc3cccc(F)c3)c2)cc1. The summed E-state index contributed by atoms with van der Waals surface area (Å²) in [7, 11) is -3.31. The van der Waals surface area contributed by atoms with E-state index < -0.39 is 15.7 Å². The number of carbonyl (C=O) groups is 1. The lowest BCUT2D eigenvalue weighted by molar-refractivity contribution is -0.115. The van der Waals surface area contributed by atoms with Gasteiger partial charge < -0.3 is 10.1 Å². The molecule has 6 nitrogen and oxygen atoms in total. The molecule has 0 fully saturated rings. The van der Waals surface area contributed by atoms with Crippen LogP contribution in [-0.2, 0) is 21.1 Å². The van der Waals surface area contributed by atoms with Crippen molar-refractivity contribution >= 4 is 21.4 Å². The van der Waals surface area contributed by atoms with Gasteiger partial charge in [-0.25, -0.2) is 12.8 Å². The van der Waals surface area contributed by atoms with Crippen LogP contribution in [0.1, 0.15) is 18.1 Å². The number of hydrogen-bond acceptors (Lipinski definition) is 5. The molecule has 1 N–H and O–H groups in total. The van der Waals surface area contributed by atoms with Gasteiger partial charge in [-0.15, -0.1) is 0 Å². The Kier molecular flexibility index (Phi) is 7.66. The van der Waals surface area contributed by atoms with E-state index in [1.54, 1.807) is 61.5 Å². The topological polar surface area (TPSA) is 96.3 Å². The quantitative estimate of drug-likeness (QED) is 0.305. The average Bonchev–Trinajstić information content (AvgIpc) is 2.89. The summed E-state index contributed by atoms with van der Waals surface area (Å²) < 4.78 is 43.7. The summed E-state index contributed by atoms with van der Waals surface area (Å²) in [6.07, 6.45) is 0.0402. The Balaban J connectivity index is 1.59. The maximum Gasteiger partial charge on any atom is 0.228 e. The fraction of sp³-hybridized carbons (Fsp3) is 0.103. The normalized spacial score (nSPS) is 10.9. The monoisotopic (exact) mass is 514 g/mol. The van der Waals surface area contributed by atoms with Gasteiger partial charge >= 0.3 is 0 Å². The van der Waals surface area contributed by atoms with Gasteiger partial charge in [0.05, 0.1) is 28.7 Å². The number of nitrogens with zero attached hydrogens (tertiary/aromatic N) is 1. The third kappa shape index (κ3) is 6.40. The first kappa shape index (κ1) is 25.6. The van der Waals surface area contributed by atoms with Gasteiger partial charge in [0.2, 0.25) is 5.91 Å². The zero-order valence-corrected chi connectivity index (χ0v) is 20.8. The molecule has 37 heavy (non-hydrogen) atoms. The molecular formula is C29H23FN2O4S. The number of benzene rings is 4. The molecule has 0 unspecified atom stereocenters. The van der Waals surface area contributed by atoms with E-state index in [1.165, 1.54) is 30.3 Å². The van der Waals surface area contributed by atoms with Gasteiger partial charge in [-0.05, 0) is 59.7 Å². The molecule has 0 aliphatic heterocycles. The molecule has 186 valence electrons. The number of nitrogens with one attached hydrogen (secondary N) is 1. The first-order valence-electron chi connectivity index (χ1n) is 11.5. The van der Waals surface area contributed by atoms with Gasteiger partial charge in [0.15, 0.2) is 9.84 Å². The second-order valence-corrected chi connectivity index (χ2v) is 10.5. The van der Waals surface area contributed by atoms with Crippen molar-refractivity contribution in [3.63, 3.8) is 0 Å². The van der Waals surface area contributed by atoms with Crippen LogP contribution in [0.15, 0.2) is 95.9 Å². The molecule has 0 saturated carbocycles. The number of ether oxygens (including phenoxy) is 1. The molecule has 4 aromatic carbocycles. The molecule has 0 bridgehead atoms. The number of rotatable bonds is 8. The number of carbonyl (C=O) groups excluding carboxylic acids is 1. The standard InChI is InChI=1S/C29H23FN2O4S/c1-2-37(34,35)26-12-9-20(10-13-26)16-29(33)32-24-11-14-27(22-6-3-5-21(15-22)19-31)28(18-24)36-25-8-4-7-23(30)17-25/h3-15,17-18H,2,16H2,1H3,(H,32,33). The van der Waals surface area contributed by atoms with E-state index in [1.807, 2.05) is 6.07 Å². The number of sulfone groups is 1. The molecule has 1 amide bonds. The highest BCUT2D eigenvalue weighted by Crippen LogP contribution is 2.36. The van der Waals surface area contributed by atoms with Gasteiger partial charge in [-0.2, -0.15) is 5.26 Å². The first-order valence-corrected chi connectivity index (χ1v) is 13.1. The lowest BCUT2D eigenvalue weighted by Crippen LogP contribution is -2.14. The van der Waals surface area contributed by atoms with Gasteiger partial charge in [0.25, 0.3) is 0 Å². The van der Waals surface area contributed by atoms with Crippen LogP contribution in [0.2, 0.25) is 0 Å². The highest BCUT2D eigenvalue weighted by Gasteiger charge is 2.14. The van der Waals surface area contributed by atoms with Crippen LogP contribution in [0.3, 0.4) is 0 Å². The smallest absolute Gasteiger partial charge is 0.228 e. The Morgan fingerprint density at radius 3 is 2.43 bits per heavy atom. The predicted molar refractivity (Wildman–Crippen MR) is 140 cm³/mol. The number of hydrogen-bond donors (Lipinski definition) is 1. The fourth-order valence-electron chi connectivity index (χ4n) is 3.71. The molecule has 0 heterocycles. The Bertz CT molecular complexity index is 1590. The van der Waals surface area contributed by atoms with Crippen molar-refractivity contribution in [1.82, 2.24) is 0 Å². The molecule has 0 atom stereocenters. The minimum absolute atomic E-state index is 0.00363. The van der Waals surface area contributed by atoms with E-state index >= 15 is 0 Å². The Morgan fingerprint density at radius 2 is 1.73 bits per heavy atom. The van der Waals surface area contributed by atoms with E-state index in [0.29, 0.717) is 28.1 Å². The van der Waals surface area contributed by atoms with Crippen molar-refractivity contribution in [3.05, 3.63) is 108 Å². The molecule has 0 aliphatic rings. The summed E-state index contributed by atoms with van der Waals surface area (Å²) >= 11 is 0. The number of amides is 1. The summed E-state index contributed by atoms with van der Waals surface area (Å²) in [5.41, 5.74) is 2.98. The zero-order valence-electron chi connectivity index (χ0n) is 19.9. The fourth-order valence-corrected chi connectivity index (χ4v) is 4.59. The third-order valence-electron chi connectivity index (χ3n) is 5.62. The van der Waals surface area contributed by atoms with Crippen LogP contribution in [0.4, 0.5) is 10.1 Å².